The van der Waals surface area contributed by atoms with Gasteiger partial charge in [-0.15, -0.1) is 0 Å². The third-order valence-corrected chi connectivity index (χ3v) is 4.75. The van der Waals surface area contributed by atoms with Crippen molar-refractivity contribution in [2.75, 3.05) is 6.61 Å². The Morgan fingerprint density at radius 2 is 1.88 bits per heavy atom. The lowest BCUT2D eigenvalue weighted by Crippen LogP contribution is -2.24. The molecule has 0 unspecified atom stereocenters. The van der Waals surface area contributed by atoms with Gasteiger partial charge in [-0.05, 0) is 50.5 Å². The van der Waals surface area contributed by atoms with Crippen molar-refractivity contribution in [1.82, 2.24) is 5.43 Å². The molecule has 0 fully saturated rings. The van der Waals surface area contributed by atoms with Crippen LogP contribution in [0.15, 0.2) is 74.7 Å². The second-order valence-electron chi connectivity index (χ2n) is 5.24. The third-order valence-electron chi connectivity index (χ3n) is 3.44. The van der Waals surface area contributed by atoms with Gasteiger partial charge in [0.15, 0.2) is 6.61 Å². The minimum atomic E-state index is -0.324. The van der Waals surface area contributed by atoms with E-state index in [9.17, 15) is 4.79 Å². The Labute approximate surface area is 162 Å². The van der Waals surface area contributed by atoms with Gasteiger partial charge in [0.2, 0.25) is 0 Å². The number of hydrazone groups is 1. The summed E-state index contributed by atoms with van der Waals surface area (Å²) in [6.45, 7) is -0.118. The molecular weight excluding hydrogens is 448 g/mol. The van der Waals surface area contributed by atoms with Gasteiger partial charge in [0.05, 0.1) is 10.7 Å². The van der Waals surface area contributed by atoms with E-state index in [1.54, 1.807) is 6.21 Å². The Hall–Kier alpha value is -2.18. The number of carbonyl (C=O) groups excluding carboxylic acids is 1. The Morgan fingerprint density at radius 3 is 2.68 bits per heavy atom. The van der Waals surface area contributed by atoms with E-state index in [2.05, 4.69) is 42.4 Å². The highest BCUT2D eigenvalue weighted by Crippen LogP contribution is 2.34. The summed E-state index contributed by atoms with van der Waals surface area (Å²) in [6.07, 6.45) is 1.59. The van der Waals surface area contributed by atoms with Gasteiger partial charge in [0.25, 0.3) is 5.91 Å². The average molecular weight is 462 g/mol. The summed E-state index contributed by atoms with van der Waals surface area (Å²) in [4.78, 5) is 11.9. The van der Waals surface area contributed by atoms with E-state index in [0.29, 0.717) is 5.75 Å². The van der Waals surface area contributed by atoms with Crippen LogP contribution < -0.4 is 10.2 Å². The van der Waals surface area contributed by atoms with Crippen LogP contribution in [-0.2, 0) is 4.79 Å². The molecule has 0 bridgehead atoms. The monoisotopic (exact) mass is 460 g/mol. The van der Waals surface area contributed by atoms with Crippen molar-refractivity contribution in [2.24, 2.45) is 5.10 Å². The molecule has 3 rings (SSSR count). The van der Waals surface area contributed by atoms with Crippen LogP contribution >= 0.6 is 31.9 Å². The number of nitrogens with zero attached hydrogens (tertiary/aromatic N) is 1. The molecule has 6 heteroatoms. The lowest BCUT2D eigenvalue weighted by molar-refractivity contribution is -0.123. The van der Waals surface area contributed by atoms with Crippen molar-refractivity contribution in [3.63, 3.8) is 0 Å². The Kier molecular flexibility index (Phi) is 5.83. The maximum absolute atomic E-state index is 11.9. The van der Waals surface area contributed by atoms with Gasteiger partial charge in [-0.3, -0.25) is 4.79 Å². The molecule has 0 spiro atoms. The van der Waals surface area contributed by atoms with Crippen LogP contribution in [0.25, 0.3) is 10.8 Å². The molecular formula is C19H14Br2N2O2. The number of nitrogens with one attached hydrogen (secondary N) is 1. The number of amides is 1. The van der Waals surface area contributed by atoms with Gasteiger partial charge >= 0.3 is 0 Å². The summed E-state index contributed by atoms with van der Waals surface area (Å²) in [5.74, 6) is 0.284. The molecule has 4 nitrogen and oxygen atoms in total. The lowest BCUT2D eigenvalue weighted by atomic mass is 10.1. The standard InChI is InChI=1S/C19H14Br2N2O2/c20-15-7-8-16-14(10-15)6-9-17(19(16)21)25-12-18(24)23-22-11-13-4-2-1-3-5-13/h1-11H,12H2,(H,23,24). The van der Waals surface area contributed by atoms with Crippen molar-refractivity contribution in [2.45, 2.75) is 0 Å². The normalized spacial score (nSPS) is 11.0. The van der Waals surface area contributed by atoms with E-state index in [1.165, 1.54) is 0 Å². The fourth-order valence-electron chi connectivity index (χ4n) is 2.25. The number of hydrogen-bond donors (Lipinski definition) is 1. The maximum atomic E-state index is 11.9. The number of benzene rings is 3. The zero-order valence-electron chi connectivity index (χ0n) is 13.1. The molecule has 0 aliphatic carbocycles. The number of carbonyl (C=O) groups is 1. The first-order valence-corrected chi connectivity index (χ1v) is 9.09. The van der Waals surface area contributed by atoms with E-state index in [-0.39, 0.29) is 12.5 Å². The molecule has 3 aromatic carbocycles. The molecule has 1 N–H and O–H groups in total. The van der Waals surface area contributed by atoms with Crippen molar-refractivity contribution >= 4 is 54.8 Å². The van der Waals surface area contributed by atoms with Gasteiger partial charge < -0.3 is 4.74 Å². The number of fused-ring (bicyclic) bond motifs is 1. The molecule has 0 atom stereocenters. The van der Waals surface area contributed by atoms with Crippen LogP contribution in [-0.4, -0.2) is 18.7 Å². The Bertz CT molecular complexity index is 927. The summed E-state index contributed by atoms with van der Waals surface area (Å²) < 4.78 is 7.42. The molecule has 0 heterocycles. The number of hydrogen-bond acceptors (Lipinski definition) is 3. The first-order chi connectivity index (χ1) is 12.1. The quantitative estimate of drug-likeness (QED) is 0.434. The Morgan fingerprint density at radius 1 is 1.08 bits per heavy atom. The number of halogens is 2. The van der Waals surface area contributed by atoms with Gasteiger partial charge in [-0.2, -0.15) is 5.10 Å². The number of rotatable bonds is 5. The van der Waals surface area contributed by atoms with E-state index in [1.807, 2.05) is 60.7 Å². The molecule has 25 heavy (non-hydrogen) atoms. The van der Waals surface area contributed by atoms with Crippen molar-refractivity contribution in [1.29, 1.82) is 0 Å². The van der Waals surface area contributed by atoms with Crippen molar-refractivity contribution in [3.05, 3.63) is 75.2 Å². The summed E-state index contributed by atoms with van der Waals surface area (Å²) in [6, 6.07) is 19.3. The second-order valence-corrected chi connectivity index (χ2v) is 6.94. The fourth-order valence-corrected chi connectivity index (χ4v) is 3.23. The molecule has 0 radical (unpaired) electrons. The minimum absolute atomic E-state index is 0.118. The van der Waals surface area contributed by atoms with Gasteiger partial charge in [0, 0.05) is 4.47 Å². The second kappa shape index (κ2) is 8.27. The van der Waals surface area contributed by atoms with E-state index < -0.39 is 0 Å². The van der Waals surface area contributed by atoms with E-state index in [4.69, 9.17) is 4.74 Å². The third kappa shape index (κ3) is 4.67. The first kappa shape index (κ1) is 17.6. The fraction of sp³-hybridized carbons (Fsp3) is 0.0526. The smallest absolute Gasteiger partial charge is 0.277 e. The van der Waals surface area contributed by atoms with Gasteiger partial charge in [0.1, 0.15) is 5.75 Å². The van der Waals surface area contributed by atoms with Gasteiger partial charge in [-0.1, -0.05) is 58.4 Å². The largest absolute Gasteiger partial charge is 0.483 e. The van der Waals surface area contributed by atoms with Crippen molar-refractivity contribution < 1.29 is 9.53 Å². The summed E-state index contributed by atoms with van der Waals surface area (Å²) in [7, 11) is 0. The zero-order valence-corrected chi connectivity index (χ0v) is 16.2. The predicted molar refractivity (Wildman–Crippen MR) is 107 cm³/mol. The minimum Gasteiger partial charge on any atom is -0.483 e. The molecule has 3 aromatic rings. The highest BCUT2D eigenvalue weighted by molar-refractivity contribution is 9.11. The molecule has 1 amide bonds. The summed E-state index contributed by atoms with van der Waals surface area (Å²) in [5.41, 5.74) is 3.36. The molecule has 0 aliphatic heterocycles. The van der Waals surface area contributed by atoms with Crippen LogP contribution in [0, 0.1) is 0 Å². The first-order valence-electron chi connectivity index (χ1n) is 7.51. The topological polar surface area (TPSA) is 50.7 Å². The molecule has 0 aromatic heterocycles. The van der Waals surface area contributed by atoms with Gasteiger partial charge in [-0.25, -0.2) is 5.43 Å². The molecule has 0 saturated heterocycles. The highest BCUT2D eigenvalue weighted by Gasteiger charge is 2.08. The molecule has 126 valence electrons. The van der Waals surface area contributed by atoms with Crippen LogP contribution in [0.4, 0.5) is 0 Å². The van der Waals surface area contributed by atoms with Crippen molar-refractivity contribution in [3.8, 4) is 5.75 Å². The molecule has 0 aliphatic rings. The van der Waals surface area contributed by atoms with Crippen LogP contribution in [0.2, 0.25) is 0 Å². The van der Waals surface area contributed by atoms with Crippen LogP contribution in [0.3, 0.4) is 0 Å². The number of ether oxygens (including phenoxy) is 1. The maximum Gasteiger partial charge on any atom is 0.277 e. The highest BCUT2D eigenvalue weighted by atomic mass is 79.9. The Balaban J connectivity index is 1.60. The SMILES string of the molecule is O=C(COc1ccc2cc(Br)ccc2c1Br)NN=Cc1ccccc1. The average Bonchev–Trinajstić information content (AvgIpc) is 2.62. The molecule has 0 saturated carbocycles. The van der Waals surface area contributed by atoms with Crippen LogP contribution in [0.5, 0.6) is 5.75 Å². The van der Waals surface area contributed by atoms with E-state index in [0.717, 1.165) is 25.3 Å². The van der Waals surface area contributed by atoms with Crippen LogP contribution in [0.1, 0.15) is 5.56 Å². The lowest BCUT2D eigenvalue weighted by Gasteiger charge is -2.10. The summed E-state index contributed by atoms with van der Waals surface area (Å²) in [5, 5.41) is 6.01. The predicted octanol–water partition coefficient (Wildman–Crippen LogP) is 4.89. The van der Waals surface area contributed by atoms with E-state index >= 15 is 0 Å². The zero-order chi connectivity index (χ0) is 17.6. The summed E-state index contributed by atoms with van der Waals surface area (Å²) >= 11 is 6.99.